The molecule has 3 aromatic rings. The van der Waals surface area contributed by atoms with Crippen LogP contribution in [0, 0.1) is 11.6 Å². The van der Waals surface area contributed by atoms with Crippen molar-refractivity contribution in [2.24, 2.45) is 0 Å². The number of aromatic nitrogens is 4. The summed E-state index contributed by atoms with van der Waals surface area (Å²) >= 11 is 0. The molecule has 7 heteroatoms. The number of imidazole rings is 1. The average molecular weight is 275 g/mol. The van der Waals surface area contributed by atoms with E-state index < -0.39 is 11.6 Å². The summed E-state index contributed by atoms with van der Waals surface area (Å²) in [6, 6.07) is 3.84. The first-order valence-electron chi connectivity index (χ1n) is 5.94. The van der Waals surface area contributed by atoms with Crippen LogP contribution in [0.2, 0.25) is 0 Å². The molecule has 0 atom stereocenters. The lowest BCUT2D eigenvalue weighted by atomic mass is 10.2. The number of aromatic amines is 1. The van der Waals surface area contributed by atoms with Crippen molar-refractivity contribution >= 4 is 17.0 Å². The topological polar surface area (TPSA) is 57.7 Å². The van der Waals surface area contributed by atoms with Gasteiger partial charge in [0.05, 0.1) is 6.33 Å². The Hall–Kier alpha value is -2.57. The Morgan fingerprint density at radius 2 is 2.00 bits per heavy atom. The number of hydrogen-bond donors (Lipinski definition) is 1. The molecule has 0 fully saturated rings. The first kappa shape index (κ1) is 12.5. The fraction of sp³-hybridized carbons (Fsp3) is 0.154. The number of H-pyrrole nitrogens is 1. The Morgan fingerprint density at radius 1 is 1.15 bits per heavy atom. The monoisotopic (exact) mass is 275 g/mol. The highest BCUT2D eigenvalue weighted by Gasteiger charge is 2.11. The van der Waals surface area contributed by atoms with E-state index in [1.807, 2.05) is 11.9 Å². The van der Waals surface area contributed by atoms with Crippen LogP contribution in [-0.2, 0) is 6.54 Å². The van der Waals surface area contributed by atoms with E-state index in [9.17, 15) is 8.78 Å². The van der Waals surface area contributed by atoms with E-state index in [4.69, 9.17) is 0 Å². The van der Waals surface area contributed by atoms with Crippen molar-refractivity contribution in [3.8, 4) is 0 Å². The van der Waals surface area contributed by atoms with Crippen LogP contribution < -0.4 is 4.90 Å². The highest BCUT2D eigenvalue weighted by molar-refractivity contribution is 5.82. The van der Waals surface area contributed by atoms with Gasteiger partial charge in [-0.3, -0.25) is 0 Å². The number of rotatable bonds is 3. The van der Waals surface area contributed by atoms with Crippen LogP contribution in [-0.4, -0.2) is 27.0 Å². The first-order chi connectivity index (χ1) is 9.65. The van der Waals surface area contributed by atoms with Crippen LogP contribution in [0.25, 0.3) is 11.2 Å². The quantitative estimate of drug-likeness (QED) is 0.796. The SMILES string of the molecule is CN(Cc1ccc(F)c(F)c1)c1ncnc2nc[nH]c12. The maximum atomic E-state index is 13.2. The number of nitrogens with zero attached hydrogens (tertiary/aromatic N) is 4. The summed E-state index contributed by atoms with van der Waals surface area (Å²) in [4.78, 5) is 17.0. The van der Waals surface area contributed by atoms with E-state index in [1.165, 1.54) is 18.7 Å². The Kier molecular flexibility index (Phi) is 3.02. The molecule has 0 aliphatic carbocycles. The maximum Gasteiger partial charge on any atom is 0.182 e. The molecule has 2 heterocycles. The third-order valence-corrected chi connectivity index (χ3v) is 2.97. The van der Waals surface area contributed by atoms with Crippen LogP contribution >= 0.6 is 0 Å². The fourth-order valence-electron chi connectivity index (χ4n) is 2.03. The zero-order valence-electron chi connectivity index (χ0n) is 10.6. The Morgan fingerprint density at radius 3 is 2.80 bits per heavy atom. The predicted octanol–water partition coefficient (Wildman–Crippen LogP) is 2.27. The van der Waals surface area contributed by atoms with Gasteiger partial charge in [0.2, 0.25) is 0 Å². The van der Waals surface area contributed by atoms with Gasteiger partial charge in [0.1, 0.15) is 11.8 Å². The molecule has 0 aliphatic rings. The van der Waals surface area contributed by atoms with Crippen molar-refractivity contribution in [2.45, 2.75) is 6.54 Å². The highest BCUT2D eigenvalue weighted by atomic mass is 19.2. The van der Waals surface area contributed by atoms with E-state index in [2.05, 4.69) is 19.9 Å². The van der Waals surface area contributed by atoms with Crippen LogP contribution in [0.5, 0.6) is 0 Å². The van der Waals surface area contributed by atoms with E-state index >= 15 is 0 Å². The van der Waals surface area contributed by atoms with E-state index in [-0.39, 0.29) is 0 Å². The third kappa shape index (κ3) is 2.18. The van der Waals surface area contributed by atoms with Gasteiger partial charge in [0.25, 0.3) is 0 Å². The number of anilines is 1. The molecule has 0 unspecified atom stereocenters. The lowest BCUT2D eigenvalue weighted by molar-refractivity contribution is 0.507. The van der Waals surface area contributed by atoms with Gasteiger partial charge in [0.15, 0.2) is 23.1 Å². The second kappa shape index (κ2) is 4.84. The van der Waals surface area contributed by atoms with Crippen LogP contribution in [0.15, 0.2) is 30.9 Å². The maximum absolute atomic E-state index is 13.2. The Labute approximate surface area is 113 Å². The number of benzene rings is 1. The van der Waals surface area contributed by atoms with Crippen LogP contribution in [0.3, 0.4) is 0 Å². The summed E-state index contributed by atoms with van der Waals surface area (Å²) in [5.41, 5.74) is 1.92. The van der Waals surface area contributed by atoms with Gasteiger partial charge in [-0.25, -0.2) is 23.7 Å². The van der Waals surface area contributed by atoms with E-state index in [0.29, 0.717) is 29.1 Å². The normalized spacial score (nSPS) is 10.9. The minimum Gasteiger partial charge on any atom is -0.353 e. The second-order valence-corrected chi connectivity index (χ2v) is 4.40. The molecule has 102 valence electrons. The minimum atomic E-state index is -0.856. The summed E-state index contributed by atoms with van der Waals surface area (Å²) in [6.07, 6.45) is 2.95. The Balaban J connectivity index is 1.90. The summed E-state index contributed by atoms with van der Waals surface area (Å²) in [6.45, 7) is 0.391. The molecule has 20 heavy (non-hydrogen) atoms. The standard InChI is InChI=1S/C13H11F2N5/c1-20(5-8-2-3-9(14)10(15)4-8)13-11-12(17-6-16-11)18-7-19-13/h2-4,6-7H,5H2,1H3,(H,16,17,18,19). The predicted molar refractivity (Wildman–Crippen MR) is 70.1 cm³/mol. The molecule has 0 amide bonds. The largest absolute Gasteiger partial charge is 0.353 e. The molecular formula is C13H11F2N5. The number of halogens is 2. The Bertz CT molecular complexity index is 755. The molecule has 3 rings (SSSR count). The molecule has 0 bridgehead atoms. The second-order valence-electron chi connectivity index (χ2n) is 4.40. The van der Waals surface area contributed by atoms with Gasteiger partial charge >= 0.3 is 0 Å². The lowest BCUT2D eigenvalue weighted by Crippen LogP contribution is -2.18. The third-order valence-electron chi connectivity index (χ3n) is 2.97. The number of nitrogens with one attached hydrogen (secondary N) is 1. The van der Waals surface area contributed by atoms with Gasteiger partial charge in [0, 0.05) is 13.6 Å². The van der Waals surface area contributed by atoms with Crippen molar-refractivity contribution in [3.63, 3.8) is 0 Å². The average Bonchev–Trinajstić information content (AvgIpc) is 2.91. The zero-order valence-corrected chi connectivity index (χ0v) is 10.6. The summed E-state index contributed by atoms with van der Waals surface area (Å²) in [5, 5.41) is 0. The van der Waals surface area contributed by atoms with Crippen molar-refractivity contribution in [1.29, 1.82) is 0 Å². The van der Waals surface area contributed by atoms with Crippen molar-refractivity contribution < 1.29 is 8.78 Å². The summed E-state index contributed by atoms with van der Waals surface area (Å²) in [7, 11) is 1.81. The molecule has 2 aromatic heterocycles. The fourth-order valence-corrected chi connectivity index (χ4v) is 2.03. The van der Waals surface area contributed by atoms with Gasteiger partial charge in [-0.15, -0.1) is 0 Å². The molecule has 1 aromatic carbocycles. The van der Waals surface area contributed by atoms with Crippen LogP contribution in [0.4, 0.5) is 14.6 Å². The van der Waals surface area contributed by atoms with Crippen molar-refractivity contribution in [3.05, 3.63) is 48.1 Å². The molecule has 0 spiro atoms. The molecule has 1 N–H and O–H groups in total. The number of fused-ring (bicyclic) bond motifs is 1. The van der Waals surface area contributed by atoms with Gasteiger partial charge in [-0.1, -0.05) is 6.07 Å². The molecule has 0 saturated heterocycles. The van der Waals surface area contributed by atoms with Crippen molar-refractivity contribution in [1.82, 2.24) is 19.9 Å². The molecule has 0 radical (unpaired) electrons. The van der Waals surface area contributed by atoms with Crippen LogP contribution in [0.1, 0.15) is 5.56 Å². The first-order valence-corrected chi connectivity index (χ1v) is 5.94. The summed E-state index contributed by atoms with van der Waals surface area (Å²) in [5.74, 6) is -1.06. The van der Waals surface area contributed by atoms with E-state index in [1.54, 1.807) is 6.07 Å². The number of hydrogen-bond acceptors (Lipinski definition) is 4. The smallest absolute Gasteiger partial charge is 0.182 e. The molecule has 5 nitrogen and oxygen atoms in total. The molecule has 0 saturated carbocycles. The zero-order chi connectivity index (χ0) is 14.1. The lowest BCUT2D eigenvalue weighted by Gasteiger charge is -2.18. The summed E-state index contributed by atoms with van der Waals surface area (Å²) < 4.78 is 26.1. The molecule has 0 aliphatic heterocycles. The van der Waals surface area contributed by atoms with Crippen molar-refractivity contribution in [2.75, 3.05) is 11.9 Å². The minimum absolute atomic E-state index is 0.391. The highest BCUT2D eigenvalue weighted by Crippen LogP contribution is 2.20. The van der Waals surface area contributed by atoms with Gasteiger partial charge in [-0.2, -0.15) is 0 Å². The molecular weight excluding hydrogens is 264 g/mol. The van der Waals surface area contributed by atoms with Gasteiger partial charge in [-0.05, 0) is 17.7 Å². The van der Waals surface area contributed by atoms with E-state index in [0.717, 1.165) is 6.07 Å². The van der Waals surface area contributed by atoms with Gasteiger partial charge < -0.3 is 9.88 Å².